The van der Waals surface area contributed by atoms with Crippen LogP contribution in [0.25, 0.3) is 0 Å². The number of halogens is 1. The van der Waals surface area contributed by atoms with E-state index in [9.17, 15) is 8.42 Å². The minimum Gasteiger partial charge on any atom is -0.382 e. The van der Waals surface area contributed by atoms with Crippen LogP contribution in [0.3, 0.4) is 0 Å². The van der Waals surface area contributed by atoms with Gasteiger partial charge in [0.15, 0.2) is 0 Å². The molecular weight excluding hydrogens is 334 g/mol. The monoisotopic (exact) mass is 351 g/mol. The van der Waals surface area contributed by atoms with Gasteiger partial charge in [0.1, 0.15) is 5.60 Å². The molecule has 0 amide bonds. The fourth-order valence-electron chi connectivity index (χ4n) is 1.48. The lowest BCUT2D eigenvalue weighted by Gasteiger charge is -2.27. The SMILES string of the molecule is COC[C@](C)(CNS(=O)(=O)c1ccccc1Br)OC. The van der Waals surface area contributed by atoms with Crippen LogP contribution in [0.15, 0.2) is 33.6 Å². The molecule has 0 saturated carbocycles. The van der Waals surface area contributed by atoms with E-state index in [1.807, 2.05) is 0 Å². The normalized spacial score (nSPS) is 15.2. The highest BCUT2D eigenvalue weighted by molar-refractivity contribution is 9.10. The molecule has 0 fully saturated rings. The van der Waals surface area contributed by atoms with Crippen LogP contribution in [0, 0.1) is 0 Å². The second kappa shape index (κ2) is 6.81. The van der Waals surface area contributed by atoms with E-state index in [2.05, 4.69) is 20.7 Å². The standard InChI is InChI=1S/C12H18BrNO4S/c1-12(18-3,9-17-2)8-14-19(15,16)11-7-5-4-6-10(11)13/h4-7,14H,8-9H2,1-3H3/t12-/m0/s1. The summed E-state index contributed by atoms with van der Waals surface area (Å²) in [4.78, 5) is 0.200. The molecule has 5 nitrogen and oxygen atoms in total. The van der Waals surface area contributed by atoms with Crippen molar-refractivity contribution >= 4 is 26.0 Å². The maximum atomic E-state index is 12.2. The molecule has 1 atom stereocenters. The molecular formula is C12H18BrNO4S. The van der Waals surface area contributed by atoms with Gasteiger partial charge in [-0.25, -0.2) is 13.1 Å². The number of nitrogens with one attached hydrogen (secondary N) is 1. The highest BCUT2D eigenvalue weighted by Crippen LogP contribution is 2.21. The van der Waals surface area contributed by atoms with E-state index in [1.165, 1.54) is 13.2 Å². The molecule has 1 aromatic rings. The van der Waals surface area contributed by atoms with E-state index in [1.54, 1.807) is 32.2 Å². The summed E-state index contributed by atoms with van der Waals surface area (Å²) < 4.78 is 37.7. The molecule has 1 rings (SSSR count). The molecule has 7 heteroatoms. The van der Waals surface area contributed by atoms with E-state index < -0.39 is 15.6 Å². The van der Waals surface area contributed by atoms with E-state index in [0.717, 1.165) is 0 Å². The van der Waals surface area contributed by atoms with Gasteiger partial charge in [-0.15, -0.1) is 0 Å². The summed E-state index contributed by atoms with van der Waals surface area (Å²) in [5.74, 6) is 0. The first-order chi connectivity index (χ1) is 8.84. The largest absolute Gasteiger partial charge is 0.382 e. The average Bonchev–Trinajstić information content (AvgIpc) is 2.37. The fourth-order valence-corrected chi connectivity index (χ4v) is 3.63. The summed E-state index contributed by atoms with van der Waals surface area (Å²) in [6.07, 6.45) is 0. The third-order valence-electron chi connectivity index (χ3n) is 2.70. The van der Waals surface area contributed by atoms with Crippen molar-refractivity contribution in [3.63, 3.8) is 0 Å². The Labute approximate surface area is 122 Å². The van der Waals surface area contributed by atoms with Gasteiger partial charge < -0.3 is 9.47 Å². The minimum absolute atomic E-state index is 0.126. The molecule has 0 heterocycles. The fraction of sp³-hybridized carbons (Fsp3) is 0.500. The van der Waals surface area contributed by atoms with Gasteiger partial charge in [-0.1, -0.05) is 12.1 Å². The van der Waals surface area contributed by atoms with Gasteiger partial charge in [-0.05, 0) is 35.0 Å². The van der Waals surface area contributed by atoms with Crippen LogP contribution in [0.2, 0.25) is 0 Å². The number of rotatable bonds is 7. The second-order valence-corrected chi connectivity index (χ2v) is 6.93. The molecule has 0 spiro atoms. The Balaban J connectivity index is 2.84. The van der Waals surface area contributed by atoms with E-state index >= 15 is 0 Å². The predicted octanol–water partition coefficient (Wildman–Crippen LogP) is 1.78. The zero-order chi connectivity index (χ0) is 14.5. The quantitative estimate of drug-likeness (QED) is 0.813. The molecule has 0 aliphatic heterocycles. The topological polar surface area (TPSA) is 64.6 Å². The van der Waals surface area contributed by atoms with Crippen molar-refractivity contribution in [1.82, 2.24) is 4.72 Å². The van der Waals surface area contributed by atoms with Gasteiger partial charge >= 0.3 is 0 Å². The molecule has 0 bridgehead atoms. The van der Waals surface area contributed by atoms with Crippen LogP contribution in [-0.2, 0) is 19.5 Å². The molecule has 108 valence electrons. The summed E-state index contributed by atoms with van der Waals surface area (Å²) in [5, 5.41) is 0. The Morgan fingerprint density at radius 1 is 1.32 bits per heavy atom. The molecule has 19 heavy (non-hydrogen) atoms. The smallest absolute Gasteiger partial charge is 0.241 e. The number of hydrogen-bond acceptors (Lipinski definition) is 4. The maximum Gasteiger partial charge on any atom is 0.241 e. The summed E-state index contributed by atoms with van der Waals surface area (Å²) in [6, 6.07) is 6.64. The molecule has 0 saturated heterocycles. The summed E-state index contributed by atoms with van der Waals surface area (Å²) in [5.41, 5.74) is -0.705. The molecule has 0 unspecified atom stereocenters. The lowest BCUT2D eigenvalue weighted by Crippen LogP contribution is -2.45. The van der Waals surface area contributed by atoms with Crippen molar-refractivity contribution < 1.29 is 17.9 Å². The van der Waals surface area contributed by atoms with Crippen molar-refractivity contribution in [2.24, 2.45) is 0 Å². The predicted molar refractivity (Wildman–Crippen MR) is 76.6 cm³/mol. The summed E-state index contributed by atoms with van der Waals surface area (Å²) in [7, 11) is -0.524. The van der Waals surface area contributed by atoms with Crippen molar-refractivity contribution in [3.05, 3.63) is 28.7 Å². The van der Waals surface area contributed by atoms with Crippen molar-refractivity contribution in [2.75, 3.05) is 27.4 Å². The number of methoxy groups -OCH3 is 2. The number of benzene rings is 1. The molecule has 1 N–H and O–H groups in total. The first-order valence-electron chi connectivity index (χ1n) is 5.63. The van der Waals surface area contributed by atoms with Gasteiger partial charge in [-0.2, -0.15) is 0 Å². The molecule has 0 aromatic heterocycles. The van der Waals surface area contributed by atoms with Crippen LogP contribution >= 0.6 is 15.9 Å². The van der Waals surface area contributed by atoms with Gasteiger partial charge in [0.05, 0.1) is 11.5 Å². The number of ether oxygens (including phenoxy) is 2. The number of hydrogen-bond donors (Lipinski definition) is 1. The Morgan fingerprint density at radius 3 is 2.47 bits per heavy atom. The third-order valence-corrected chi connectivity index (χ3v) is 5.12. The maximum absolute atomic E-state index is 12.2. The Morgan fingerprint density at radius 2 is 1.95 bits per heavy atom. The first kappa shape index (κ1) is 16.6. The highest BCUT2D eigenvalue weighted by Gasteiger charge is 2.27. The van der Waals surface area contributed by atoms with Gasteiger partial charge in [0, 0.05) is 25.2 Å². The zero-order valence-corrected chi connectivity index (χ0v) is 13.5. The third kappa shape index (κ3) is 4.54. The van der Waals surface area contributed by atoms with E-state index in [-0.39, 0.29) is 11.4 Å². The molecule has 0 aliphatic carbocycles. The van der Waals surface area contributed by atoms with E-state index in [4.69, 9.17) is 9.47 Å². The van der Waals surface area contributed by atoms with Crippen LogP contribution in [0.4, 0.5) is 0 Å². The molecule has 0 aliphatic rings. The van der Waals surface area contributed by atoms with E-state index in [0.29, 0.717) is 11.1 Å². The van der Waals surface area contributed by atoms with Gasteiger partial charge in [0.2, 0.25) is 10.0 Å². The van der Waals surface area contributed by atoms with Crippen molar-refractivity contribution in [2.45, 2.75) is 17.4 Å². The van der Waals surface area contributed by atoms with Crippen LogP contribution in [-0.4, -0.2) is 41.4 Å². The lowest BCUT2D eigenvalue weighted by molar-refractivity contribution is -0.0460. The number of sulfonamides is 1. The zero-order valence-electron chi connectivity index (χ0n) is 11.1. The Bertz CT molecular complexity index is 520. The van der Waals surface area contributed by atoms with Crippen LogP contribution in [0.5, 0.6) is 0 Å². The lowest BCUT2D eigenvalue weighted by atomic mass is 10.1. The Kier molecular flexibility index (Phi) is 5.94. The van der Waals surface area contributed by atoms with Crippen LogP contribution in [0.1, 0.15) is 6.92 Å². The second-order valence-electron chi connectivity index (χ2n) is 4.34. The highest BCUT2D eigenvalue weighted by atomic mass is 79.9. The van der Waals surface area contributed by atoms with Crippen molar-refractivity contribution in [1.29, 1.82) is 0 Å². The van der Waals surface area contributed by atoms with Crippen molar-refractivity contribution in [3.8, 4) is 0 Å². The van der Waals surface area contributed by atoms with Crippen LogP contribution < -0.4 is 4.72 Å². The molecule has 0 radical (unpaired) electrons. The summed E-state index contributed by atoms with van der Waals surface area (Å²) in [6.45, 7) is 2.20. The summed E-state index contributed by atoms with van der Waals surface area (Å²) >= 11 is 3.23. The van der Waals surface area contributed by atoms with Gasteiger partial charge in [0.25, 0.3) is 0 Å². The minimum atomic E-state index is -3.58. The average molecular weight is 352 g/mol. The molecule has 1 aromatic carbocycles. The van der Waals surface area contributed by atoms with Gasteiger partial charge in [-0.3, -0.25) is 0 Å². The first-order valence-corrected chi connectivity index (χ1v) is 7.90. The Hall–Kier alpha value is -0.470.